The van der Waals surface area contributed by atoms with Crippen molar-refractivity contribution in [3.63, 3.8) is 0 Å². The second kappa shape index (κ2) is 6.38. The van der Waals surface area contributed by atoms with Crippen molar-refractivity contribution >= 4 is 0 Å². The Balaban J connectivity index is 1.74. The molecule has 1 aliphatic heterocycles. The highest BCUT2D eigenvalue weighted by Crippen LogP contribution is 2.32. The van der Waals surface area contributed by atoms with Gasteiger partial charge in [-0.05, 0) is 58.4 Å². The first-order chi connectivity index (χ1) is 8.67. The molecule has 0 atom stereocenters. The van der Waals surface area contributed by atoms with Crippen LogP contribution in [0, 0.1) is 5.92 Å². The van der Waals surface area contributed by atoms with Crippen LogP contribution in [-0.2, 0) is 0 Å². The third-order valence-electron chi connectivity index (χ3n) is 5.53. The lowest BCUT2D eigenvalue weighted by atomic mass is 9.81. The average Bonchev–Trinajstić information content (AvgIpc) is 2.41. The topological polar surface area (TPSA) is 15.3 Å². The summed E-state index contributed by atoms with van der Waals surface area (Å²) in [6.45, 7) is 7.32. The number of hydrogen-bond acceptors (Lipinski definition) is 2. The Morgan fingerprint density at radius 3 is 2.22 bits per heavy atom. The zero-order valence-electron chi connectivity index (χ0n) is 12.7. The predicted molar refractivity (Wildman–Crippen MR) is 78.9 cm³/mol. The van der Waals surface area contributed by atoms with Gasteiger partial charge in [0.25, 0.3) is 0 Å². The SMILES string of the molecule is CCCC1CCC(N2CCC(C)(NC)CC2)CC1. The van der Waals surface area contributed by atoms with E-state index < -0.39 is 0 Å². The van der Waals surface area contributed by atoms with Crippen LogP contribution in [0.1, 0.15) is 65.2 Å². The lowest BCUT2D eigenvalue weighted by Gasteiger charge is -2.44. The molecule has 2 aliphatic rings. The van der Waals surface area contributed by atoms with E-state index in [1.807, 2.05) is 0 Å². The van der Waals surface area contributed by atoms with Crippen LogP contribution in [0.4, 0.5) is 0 Å². The van der Waals surface area contributed by atoms with Gasteiger partial charge in [-0.2, -0.15) is 0 Å². The standard InChI is InChI=1S/C16H32N2/c1-4-5-14-6-8-15(9-7-14)18-12-10-16(2,17-3)11-13-18/h14-15,17H,4-13H2,1-3H3. The number of likely N-dealkylation sites (tertiary alicyclic amines) is 1. The molecule has 0 amide bonds. The summed E-state index contributed by atoms with van der Waals surface area (Å²) in [5.74, 6) is 1.04. The van der Waals surface area contributed by atoms with Gasteiger partial charge in [0.2, 0.25) is 0 Å². The van der Waals surface area contributed by atoms with E-state index in [-0.39, 0.29) is 0 Å². The molecule has 2 fully saturated rings. The number of piperidine rings is 1. The molecule has 1 aliphatic carbocycles. The molecule has 1 heterocycles. The van der Waals surface area contributed by atoms with E-state index in [1.165, 1.54) is 64.5 Å². The van der Waals surface area contributed by atoms with Gasteiger partial charge >= 0.3 is 0 Å². The van der Waals surface area contributed by atoms with Crippen molar-refractivity contribution in [1.82, 2.24) is 10.2 Å². The van der Waals surface area contributed by atoms with Crippen molar-refractivity contribution in [2.24, 2.45) is 5.92 Å². The molecule has 0 aromatic heterocycles. The van der Waals surface area contributed by atoms with E-state index in [4.69, 9.17) is 0 Å². The molecule has 2 nitrogen and oxygen atoms in total. The second-order valence-corrected chi connectivity index (χ2v) is 6.81. The molecular formula is C16H32N2. The van der Waals surface area contributed by atoms with Crippen molar-refractivity contribution in [3.05, 3.63) is 0 Å². The van der Waals surface area contributed by atoms with Crippen molar-refractivity contribution in [2.75, 3.05) is 20.1 Å². The quantitative estimate of drug-likeness (QED) is 0.825. The monoisotopic (exact) mass is 252 g/mol. The smallest absolute Gasteiger partial charge is 0.0174 e. The lowest BCUT2D eigenvalue weighted by Crippen LogP contribution is -2.52. The number of hydrogen-bond donors (Lipinski definition) is 1. The summed E-state index contributed by atoms with van der Waals surface area (Å²) in [5.41, 5.74) is 0.399. The summed E-state index contributed by atoms with van der Waals surface area (Å²) >= 11 is 0. The largest absolute Gasteiger partial charge is 0.314 e. The molecule has 2 rings (SSSR count). The molecule has 0 aromatic carbocycles. The summed E-state index contributed by atoms with van der Waals surface area (Å²) in [5, 5.41) is 3.50. The van der Waals surface area contributed by atoms with Crippen LogP contribution in [0.25, 0.3) is 0 Å². The van der Waals surface area contributed by atoms with Crippen LogP contribution in [0.3, 0.4) is 0 Å². The molecule has 0 spiro atoms. The van der Waals surface area contributed by atoms with Crippen LogP contribution in [0.5, 0.6) is 0 Å². The summed E-state index contributed by atoms with van der Waals surface area (Å²) in [6, 6.07) is 0.902. The van der Waals surface area contributed by atoms with Crippen LogP contribution >= 0.6 is 0 Å². The maximum absolute atomic E-state index is 3.50. The molecule has 0 radical (unpaired) electrons. The van der Waals surface area contributed by atoms with Crippen LogP contribution in [0.15, 0.2) is 0 Å². The average molecular weight is 252 g/mol. The van der Waals surface area contributed by atoms with Gasteiger partial charge in [-0.3, -0.25) is 0 Å². The van der Waals surface area contributed by atoms with Crippen molar-refractivity contribution < 1.29 is 0 Å². The molecule has 2 heteroatoms. The molecule has 1 saturated carbocycles. The minimum absolute atomic E-state index is 0.399. The predicted octanol–water partition coefficient (Wildman–Crippen LogP) is 3.42. The molecule has 0 aromatic rings. The number of nitrogens with zero attached hydrogens (tertiary/aromatic N) is 1. The second-order valence-electron chi connectivity index (χ2n) is 6.81. The Labute approximate surface area is 114 Å². The zero-order chi connectivity index (χ0) is 13.0. The van der Waals surface area contributed by atoms with Crippen molar-refractivity contribution in [1.29, 1.82) is 0 Å². The van der Waals surface area contributed by atoms with E-state index in [9.17, 15) is 0 Å². The molecular weight excluding hydrogens is 220 g/mol. The van der Waals surface area contributed by atoms with Gasteiger partial charge in [0, 0.05) is 24.7 Å². The molecule has 1 N–H and O–H groups in total. The van der Waals surface area contributed by atoms with E-state index >= 15 is 0 Å². The lowest BCUT2D eigenvalue weighted by molar-refractivity contribution is 0.0788. The van der Waals surface area contributed by atoms with Crippen molar-refractivity contribution in [3.8, 4) is 0 Å². The van der Waals surface area contributed by atoms with Gasteiger partial charge in [0.05, 0.1) is 0 Å². The third kappa shape index (κ3) is 3.48. The first-order valence-corrected chi connectivity index (χ1v) is 8.10. The number of nitrogens with one attached hydrogen (secondary N) is 1. The van der Waals surface area contributed by atoms with E-state index in [1.54, 1.807) is 0 Å². The van der Waals surface area contributed by atoms with Crippen LogP contribution in [-0.4, -0.2) is 36.6 Å². The zero-order valence-corrected chi connectivity index (χ0v) is 12.7. The Hall–Kier alpha value is -0.0800. The van der Waals surface area contributed by atoms with Crippen LogP contribution in [0.2, 0.25) is 0 Å². The molecule has 0 bridgehead atoms. The summed E-state index contributed by atoms with van der Waals surface area (Å²) < 4.78 is 0. The maximum Gasteiger partial charge on any atom is 0.0174 e. The van der Waals surface area contributed by atoms with Crippen molar-refractivity contribution in [2.45, 2.75) is 76.8 Å². The van der Waals surface area contributed by atoms with Crippen LogP contribution < -0.4 is 5.32 Å². The molecule has 1 saturated heterocycles. The fourth-order valence-corrected chi connectivity index (χ4v) is 3.84. The van der Waals surface area contributed by atoms with Gasteiger partial charge < -0.3 is 10.2 Å². The number of rotatable bonds is 4. The van der Waals surface area contributed by atoms with E-state index in [0.717, 1.165) is 12.0 Å². The van der Waals surface area contributed by atoms with Gasteiger partial charge in [-0.1, -0.05) is 19.8 Å². The highest BCUT2D eigenvalue weighted by molar-refractivity contribution is 4.91. The molecule has 0 unspecified atom stereocenters. The van der Waals surface area contributed by atoms with E-state index in [2.05, 4.69) is 31.1 Å². The first-order valence-electron chi connectivity index (χ1n) is 8.10. The third-order valence-corrected chi connectivity index (χ3v) is 5.53. The minimum atomic E-state index is 0.399. The minimum Gasteiger partial charge on any atom is -0.314 e. The molecule has 106 valence electrons. The summed E-state index contributed by atoms with van der Waals surface area (Å²) in [6.07, 6.45) is 11.4. The maximum atomic E-state index is 3.50. The summed E-state index contributed by atoms with van der Waals surface area (Å²) in [4.78, 5) is 2.78. The normalized spacial score (nSPS) is 33.5. The Morgan fingerprint density at radius 1 is 1.11 bits per heavy atom. The Bertz CT molecular complexity index is 235. The first kappa shape index (κ1) is 14.3. The van der Waals surface area contributed by atoms with Gasteiger partial charge in [-0.25, -0.2) is 0 Å². The summed E-state index contributed by atoms with van der Waals surface area (Å²) in [7, 11) is 2.12. The molecule has 18 heavy (non-hydrogen) atoms. The van der Waals surface area contributed by atoms with Gasteiger partial charge in [0.15, 0.2) is 0 Å². The Kier molecular flexibility index (Phi) is 5.08. The van der Waals surface area contributed by atoms with E-state index in [0.29, 0.717) is 5.54 Å². The highest BCUT2D eigenvalue weighted by atomic mass is 15.2. The fraction of sp³-hybridized carbons (Fsp3) is 1.00. The Morgan fingerprint density at radius 2 is 1.72 bits per heavy atom. The van der Waals surface area contributed by atoms with Gasteiger partial charge in [0.1, 0.15) is 0 Å². The fourth-order valence-electron chi connectivity index (χ4n) is 3.84. The van der Waals surface area contributed by atoms with Gasteiger partial charge in [-0.15, -0.1) is 0 Å². The highest BCUT2D eigenvalue weighted by Gasteiger charge is 2.32.